The van der Waals surface area contributed by atoms with Gasteiger partial charge < -0.3 is 14.4 Å². The van der Waals surface area contributed by atoms with E-state index in [1.54, 1.807) is 7.11 Å². The van der Waals surface area contributed by atoms with E-state index in [1.165, 1.54) is 24.9 Å². The quantitative estimate of drug-likeness (QED) is 0.750. The van der Waals surface area contributed by atoms with Crippen LogP contribution in [0.2, 0.25) is 0 Å². The minimum Gasteiger partial charge on any atom is -0.497 e. The Hall–Kier alpha value is -2.49. The van der Waals surface area contributed by atoms with Crippen LogP contribution in [-0.4, -0.2) is 32.8 Å². The Bertz CT molecular complexity index is 718. The molecule has 1 saturated heterocycles. The third-order valence-corrected chi connectivity index (χ3v) is 4.62. The molecule has 0 spiro atoms. The first kappa shape index (κ1) is 17.3. The van der Waals surface area contributed by atoms with E-state index in [0.717, 1.165) is 30.0 Å². The second-order valence-corrected chi connectivity index (χ2v) is 6.23. The molecule has 2 aromatic rings. The number of carbonyl (C=O) groups excluding carboxylic acids is 1. The predicted octanol–water partition coefficient (Wildman–Crippen LogP) is 4.53. The molecule has 3 rings (SSSR count). The van der Waals surface area contributed by atoms with Gasteiger partial charge in [0.25, 0.3) is 0 Å². The van der Waals surface area contributed by atoms with Crippen molar-refractivity contribution in [3.05, 3.63) is 48.0 Å². The van der Waals surface area contributed by atoms with Gasteiger partial charge in [-0.1, -0.05) is 12.1 Å². The van der Waals surface area contributed by atoms with E-state index in [0.29, 0.717) is 12.2 Å². The number of nitrogens with zero attached hydrogens (tertiary/aromatic N) is 1. The molecule has 132 valence electrons. The minimum absolute atomic E-state index is 0.279. The summed E-state index contributed by atoms with van der Waals surface area (Å²) >= 11 is 0. The van der Waals surface area contributed by atoms with E-state index in [-0.39, 0.29) is 5.97 Å². The van der Waals surface area contributed by atoms with E-state index in [9.17, 15) is 4.79 Å². The van der Waals surface area contributed by atoms with Gasteiger partial charge in [-0.15, -0.1) is 0 Å². The topological polar surface area (TPSA) is 38.8 Å². The molecule has 0 unspecified atom stereocenters. The molecule has 25 heavy (non-hydrogen) atoms. The van der Waals surface area contributed by atoms with Gasteiger partial charge in [-0.3, -0.25) is 0 Å². The predicted molar refractivity (Wildman–Crippen MR) is 100 cm³/mol. The van der Waals surface area contributed by atoms with E-state index in [2.05, 4.69) is 11.0 Å². The number of methoxy groups -OCH3 is 1. The molecule has 1 aliphatic rings. The third-order valence-electron chi connectivity index (χ3n) is 4.62. The summed E-state index contributed by atoms with van der Waals surface area (Å²) in [6, 6.07) is 13.8. The van der Waals surface area contributed by atoms with Crippen molar-refractivity contribution in [1.29, 1.82) is 0 Å². The average molecular weight is 339 g/mol. The molecule has 0 saturated carbocycles. The van der Waals surface area contributed by atoms with Gasteiger partial charge in [0.2, 0.25) is 0 Å². The number of esters is 1. The zero-order chi connectivity index (χ0) is 17.6. The van der Waals surface area contributed by atoms with Crippen LogP contribution in [0, 0.1) is 0 Å². The van der Waals surface area contributed by atoms with Gasteiger partial charge in [0, 0.05) is 18.8 Å². The molecule has 1 fully saturated rings. The molecule has 4 nitrogen and oxygen atoms in total. The molecule has 0 radical (unpaired) electrons. The van der Waals surface area contributed by atoms with Gasteiger partial charge in [0.05, 0.1) is 19.3 Å². The molecule has 0 N–H and O–H groups in total. The van der Waals surface area contributed by atoms with E-state index in [4.69, 9.17) is 9.47 Å². The summed E-state index contributed by atoms with van der Waals surface area (Å²) < 4.78 is 10.5. The number of hydrogen-bond acceptors (Lipinski definition) is 4. The van der Waals surface area contributed by atoms with Crippen LogP contribution < -0.4 is 9.64 Å². The van der Waals surface area contributed by atoms with Crippen molar-refractivity contribution < 1.29 is 14.3 Å². The highest BCUT2D eigenvalue weighted by molar-refractivity contribution is 5.98. The summed E-state index contributed by atoms with van der Waals surface area (Å²) in [5.41, 5.74) is 3.67. The maximum atomic E-state index is 12.4. The molecule has 2 aromatic carbocycles. The number of carbonyl (C=O) groups is 1. The number of anilines is 1. The van der Waals surface area contributed by atoms with Crippen LogP contribution in [0.4, 0.5) is 5.69 Å². The van der Waals surface area contributed by atoms with Crippen molar-refractivity contribution in [3.8, 4) is 16.9 Å². The molecule has 1 heterocycles. The third kappa shape index (κ3) is 3.95. The fraction of sp³-hybridized carbons (Fsp3) is 0.381. The van der Waals surface area contributed by atoms with E-state index in [1.807, 2.05) is 43.3 Å². The summed E-state index contributed by atoms with van der Waals surface area (Å²) in [6.45, 7) is 4.34. The Morgan fingerprint density at radius 3 is 2.40 bits per heavy atom. The highest BCUT2D eigenvalue weighted by atomic mass is 16.5. The van der Waals surface area contributed by atoms with Crippen LogP contribution >= 0.6 is 0 Å². The van der Waals surface area contributed by atoms with Crippen LogP contribution in [0.15, 0.2) is 42.5 Å². The van der Waals surface area contributed by atoms with E-state index < -0.39 is 0 Å². The van der Waals surface area contributed by atoms with Gasteiger partial charge in [0.1, 0.15) is 5.75 Å². The van der Waals surface area contributed by atoms with E-state index >= 15 is 0 Å². The minimum atomic E-state index is -0.279. The summed E-state index contributed by atoms with van der Waals surface area (Å²) in [7, 11) is 1.65. The van der Waals surface area contributed by atoms with Gasteiger partial charge >= 0.3 is 5.97 Å². The first-order chi connectivity index (χ1) is 12.2. The molecule has 4 heteroatoms. The molecule has 0 amide bonds. The van der Waals surface area contributed by atoms with Crippen LogP contribution in [0.25, 0.3) is 11.1 Å². The molecule has 0 atom stereocenters. The first-order valence-electron chi connectivity index (χ1n) is 8.93. The SMILES string of the molecule is CCOC(=O)c1ccc(N2CCCCC2)cc1-c1ccc(OC)cc1. The lowest BCUT2D eigenvalue weighted by molar-refractivity contribution is 0.0527. The van der Waals surface area contributed by atoms with Crippen LogP contribution in [0.5, 0.6) is 5.75 Å². The number of hydrogen-bond donors (Lipinski definition) is 0. The van der Waals surface area contributed by atoms with Gasteiger partial charge in [0.15, 0.2) is 0 Å². The van der Waals surface area contributed by atoms with Crippen molar-refractivity contribution >= 4 is 11.7 Å². The highest BCUT2D eigenvalue weighted by Gasteiger charge is 2.18. The summed E-state index contributed by atoms with van der Waals surface area (Å²) in [5.74, 6) is 0.520. The molecule has 0 aliphatic carbocycles. The number of piperidine rings is 1. The second kappa shape index (κ2) is 8.06. The zero-order valence-corrected chi connectivity index (χ0v) is 15.0. The largest absolute Gasteiger partial charge is 0.497 e. The smallest absolute Gasteiger partial charge is 0.338 e. The molecular formula is C21H25NO3. The molecule has 0 aromatic heterocycles. The van der Waals surface area contributed by atoms with Crippen LogP contribution in [0.1, 0.15) is 36.5 Å². The summed E-state index contributed by atoms with van der Waals surface area (Å²) in [4.78, 5) is 14.8. The maximum Gasteiger partial charge on any atom is 0.338 e. The van der Waals surface area contributed by atoms with Gasteiger partial charge in [-0.05, 0) is 67.6 Å². The molecular weight excluding hydrogens is 314 g/mol. The van der Waals surface area contributed by atoms with Crippen molar-refractivity contribution in [2.24, 2.45) is 0 Å². The normalized spacial score (nSPS) is 14.2. The molecule has 0 bridgehead atoms. The number of rotatable bonds is 5. The van der Waals surface area contributed by atoms with Gasteiger partial charge in [-0.25, -0.2) is 4.79 Å². The van der Waals surface area contributed by atoms with Crippen LogP contribution in [-0.2, 0) is 4.74 Å². The molecule has 1 aliphatic heterocycles. The monoisotopic (exact) mass is 339 g/mol. The average Bonchev–Trinajstić information content (AvgIpc) is 2.68. The van der Waals surface area contributed by atoms with Crippen molar-refractivity contribution in [2.45, 2.75) is 26.2 Å². The fourth-order valence-electron chi connectivity index (χ4n) is 3.28. The van der Waals surface area contributed by atoms with Crippen molar-refractivity contribution in [3.63, 3.8) is 0 Å². The van der Waals surface area contributed by atoms with Crippen molar-refractivity contribution in [2.75, 3.05) is 31.7 Å². The maximum absolute atomic E-state index is 12.4. The summed E-state index contributed by atoms with van der Waals surface area (Å²) in [5, 5.41) is 0. The zero-order valence-electron chi connectivity index (χ0n) is 15.0. The Morgan fingerprint density at radius 2 is 1.76 bits per heavy atom. The number of benzene rings is 2. The number of ether oxygens (including phenoxy) is 2. The second-order valence-electron chi connectivity index (χ2n) is 6.23. The van der Waals surface area contributed by atoms with Crippen molar-refractivity contribution in [1.82, 2.24) is 0 Å². The Kier molecular flexibility index (Phi) is 5.59. The standard InChI is InChI=1S/C21H25NO3/c1-3-25-21(23)19-12-9-17(22-13-5-4-6-14-22)15-20(19)16-7-10-18(24-2)11-8-16/h7-12,15H,3-6,13-14H2,1-2H3. The summed E-state index contributed by atoms with van der Waals surface area (Å²) in [6.07, 6.45) is 3.73. The Balaban J connectivity index is 2.01. The lowest BCUT2D eigenvalue weighted by Gasteiger charge is -2.29. The van der Waals surface area contributed by atoms with Gasteiger partial charge in [-0.2, -0.15) is 0 Å². The Labute approximate surface area is 149 Å². The highest BCUT2D eigenvalue weighted by Crippen LogP contribution is 2.31. The Morgan fingerprint density at radius 1 is 1.04 bits per heavy atom. The fourth-order valence-corrected chi connectivity index (χ4v) is 3.28. The first-order valence-corrected chi connectivity index (χ1v) is 8.93. The lowest BCUT2D eigenvalue weighted by atomic mass is 9.98. The van der Waals surface area contributed by atoms with Crippen LogP contribution in [0.3, 0.4) is 0 Å². The lowest BCUT2D eigenvalue weighted by Crippen LogP contribution is -2.29.